The van der Waals surface area contributed by atoms with Crippen LogP contribution in [0.25, 0.3) is 22.2 Å². The molecule has 5 heteroatoms. The number of rotatable bonds is 6. The Hall–Kier alpha value is -2.95. The van der Waals surface area contributed by atoms with Gasteiger partial charge in [-0.3, -0.25) is 9.78 Å². The molecule has 1 N–H and O–H groups in total. The highest BCUT2D eigenvalue weighted by molar-refractivity contribution is 5.87. The van der Waals surface area contributed by atoms with Crippen molar-refractivity contribution in [2.24, 2.45) is 0 Å². The molecule has 0 aliphatic heterocycles. The fraction of sp³-hybridized carbons (Fsp3) is 0.318. The summed E-state index contributed by atoms with van der Waals surface area (Å²) in [7, 11) is 3.32. The second kappa shape index (κ2) is 7.35. The molecule has 1 fully saturated rings. The van der Waals surface area contributed by atoms with E-state index in [4.69, 9.17) is 9.72 Å². The third kappa shape index (κ3) is 3.77. The highest BCUT2D eigenvalue weighted by Crippen LogP contribution is 2.44. The summed E-state index contributed by atoms with van der Waals surface area (Å²) < 4.78 is 5.30. The summed E-state index contributed by atoms with van der Waals surface area (Å²) in [6.45, 7) is 0. The van der Waals surface area contributed by atoms with Gasteiger partial charge in [-0.15, -0.1) is 0 Å². The highest BCUT2D eigenvalue weighted by atomic mass is 16.5. The Morgan fingerprint density at radius 1 is 1.22 bits per heavy atom. The first-order valence-corrected chi connectivity index (χ1v) is 9.31. The molecule has 0 saturated heterocycles. The summed E-state index contributed by atoms with van der Waals surface area (Å²) in [4.78, 5) is 20.7. The van der Waals surface area contributed by atoms with Crippen LogP contribution in [0, 0.1) is 0 Å². The van der Waals surface area contributed by atoms with Crippen LogP contribution in [0.1, 0.15) is 36.3 Å². The van der Waals surface area contributed by atoms with Crippen molar-refractivity contribution >= 4 is 16.8 Å². The molecule has 5 nitrogen and oxygen atoms in total. The SMILES string of the molecule is CNC(=O)CCc1ccc2nc(-c3cncc(OC)c3)cc(C3CC3)c2c1. The summed E-state index contributed by atoms with van der Waals surface area (Å²) >= 11 is 0. The Morgan fingerprint density at radius 2 is 2.07 bits per heavy atom. The van der Waals surface area contributed by atoms with Gasteiger partial charge in [-0.2, -0.15) is 0 Å². The zero-order valence-electron chi connectivity index (χ0n) is 15.7. The number of nitrogens with one attached hydrogen (secondary N) is 1. The summed E-state index contributed by atoms with van der Waals surface area (Å²) in [5.74, 6) is 1.39. The predicted molar refractivity (Wildman–Crippen MR) is 106 cm³/mol. The van der Waals surface area contributed by atoms with E-state index in [-0.39, 0.29) is 5.91 Å². The van der Waals surface area contributed by atoms with Gasteiger partial charge in [0.25, 0.3) is 0 Å². The predicted octanol–water partition coefficient (Wildman–Crippen LogP) is 3.86. The van der Waals surface area contributed by atoms with Gasteiger partial charge in [0.15, 0.2) is 0 Å². The molecule has 0 unspecified atom stereocenters. The normalized spacial score (nSPS) is 13.6. The second-order valence-electron chi connectivity index (χ2n) is 7.01. The van der Waals surface area contributed by atoms with Crippen LogP contribution in [-0.4, -0.2) is 30.0 Å². The molecule has 1 aliphatic rings. The number of carbonyl (C=O) groups excluding carboxylic acids is 1. The smallest absolute Gasteiger partial charge is 0.220 e. The fourth-order valence-corrected chi connectivity index (χ4v) is 3.39. The molecular formula is C22H23N3O2. The third-order valence-electron chi connectivity index (χ3n) is 5.09. The van der Waals surface area contributed by atoms with Gasteiger partial charge in [-0.1, -0.05) is 6.07 Å². The standard InChI is InChI=1S/C22H23N3O2/c1-23-22(26)8-4-14-3-7-20-19(9-14)18(15-5-6-15)11-21(25-20)16-10-17(27-2)13-24-12-16/h3,7,9-13,15H,4-6,8H2,1-2H3,(H,23,26). The van der Waals surface area contributed by atoms with E-state index in [1.165, 1.54) is 29.4 Å². The number of aromatic nitrogens is 2. The van der Waals surface area contributed by atoms with Crippen LogP contribution in [0.4, 0.5) is 0 Å². The second-order valence-corrected chi connectivity index (χ2v) is 7.01. The summed E-state index contributed by atoms with van der Waals surface area (Å²) in [5.41, 5.74) is 5.39. The molecule has 138 valence electrons. The van der Waals surface area contributed by atoms with Gasteiger partial charge >= 0.3 is 0 Å². The molecule has 2 aromatic heterocycles. The van der Waals surface area contributed by atoms with Crippen molar-refractivity contribution < 1.29 is 9.53 Å². The van der Waals surface area contributed by atoms with Crippen molar-refractivity contribution in [1.29, 1.82) is 0 Å². The van der Waals surface area contributed by atoms with Gasteiger partial charge in [-0.25, -0.2) is 4.98 Å². The van der Waals surface area contributed by atoms with Crippen molar-refractivity contribution in [2.45, 2.75) is 31.6 Å². The Balaban J connectivity index is 1.75. The topological polar surface area (TPSA) is 64.1 Å². The average Bonchev–Trinajstić information content (AvgIpc) is 3.56. The molecule has 0 spiro atoms. The molecule has 1 saturated carbocycles. The van der Waals surface area contributed by atoms with Crippen molar-refractivity contribution in [3.63, 3.8) is 0 Å². The van der Waals surface area contributed by atoms with E-state index in [1.54, 1.807) is 20.4 Å². The Labute approximate surface area is 158 Å². The molecule has 27 heavy (non-hydrogen) atoms. The van der Waals surface area contributed by atoms with E-state index in [9.17, 15) is 4.79 Å². The van der Waals surface area contributed by atoms with E-state index in [0.717, 1.165) is 28.9 Å². The van der Waals surface area contributed by atoms with Crippen molar-refractivity contribution in [3.05, 3.63) is 53.9 Å². The molecule has 2 heterocycles. The van der Waals surface area contributed by atoms with Crippen LogP contribution in [0.2, 0.25) is 0 Å². The van der Waals surface area contributed by atoms with Gasteiger partial charge in [0.1, 0.15) is 5.75 Å². The Kier molecular flexibility index (Phi) is 4.75. The molecule has 4 rings (SSSR count). The molecule has 1 aliphatic carbocycles. The monoisotopic (exact) mass is 361 g/mol. The first-order chi connectivity index (χ1) is 13.2. The van der Waals surface area contributed by atoms with Crippen LogP contribution in [0.3, 0.4) is 0 Å². The minimum Gasteiger partial charge on any atom is -0.495 e. The summed E-state index contributed by atoms with van der Waals surface area (Å²) in [6, 6.07) is 10.5. The first kappa shape index (κ1) is 17.5. The van der Waals surface area contributed by atoms with Crippen LogP contribution in [-0.2, 0) is 11.2 Å². The lowest BCUT2D eigenvalue weighted by atomic mass is 9.98. The number of methoxy groups -OCH3 is 1. The average molecular weight is 361 g/mol. The molecule has 3 aromatic rings. The van der Waals surface area contributed by atoms with E-state index in [1.807, 2.05) is 12.3 Å². The minimum absolute atomic E-state index is 0.0662. The molecule has 1 amide bonds. The Morgan fingerprint density at radius 3 is 2.81 bits per heavy atom. The van der Waals surface area contributed by atoms with Gasteiger partial charge in [0.05, 0.1) is 24.5 Å². The van der Waals surface area contributed by atoms with E-state index < -0.39 is 0 Å². The molecular weight excluding hydrogens is 338 g/mol. The van der Waals surface area contributed by atoms with Crippen LogP contribution in [0.5, 0.6) is 5.75 Å². The van der Waals surface area contributed by atoms with Gasteiger partial charge in [0, 0.05) is 30.6 Å². The maximum Gasteiger partial charge on any atom is 0.220 e. The lowest BCUT2D eigenvalue weighted by Crippen LogP contribution is -2.17. The van der Waals surface area contributed by atoms with Crippen molar-refractivity contribution in [3.8, 4) is 17.0 Å². The number of carbonyl (C=O) groups is 1. The summed E-state index contributed by atoms with van der Waals surface area (Å²) in [6.07, 6.45) is 7.20. The van der Waals surface area contributed by atoms with Gasteiger partial charge < -0.3 is 10.1 Å². The van der Waals surface area contributed by atoms with Crippen LogP contribution >= 0.6 is 0 Å². The number of hydrogen-bond acceptors (Lipinski definition) is 4. The largest absolute Gasteiger partial charge is 0.495 e. The highest BCUT2D eigenvalue weighted by Gasteiger charge is 2.26. The van der Waals surface area contributed by atoms with E-state index in [2.05, 4.69) is 34.6 Å². The fourth-order valence-electron chi connectivity index (χ4n) is 3.39. The maximum absolute atomic E-state index is 11.5. The number of hydrogen-bond donors (Lipinski definition) is 1. The number of nitrogens with zero attached hydrogens (tertiary/aromatic N) is 2. The number of fused-ring (bicyclic) bond motifs is 1. The molecule has 0 radical (unpaired) electrons. The van der Waals surface area contributed by atoms with Crippen molar-refractivity contribution in [1.82, 2.24) is 15.3 Å². The minimum atomic E-state index is 0.0662. The zero-order chi connectivity index (χ0) is 18.8. The van der Waals surface area contributed by atoms with Crippen LogP contribution in [0.15, 0.2) is 42.7 Å². The van der Waals surface area contributed by atoms with Gasteiger partial charge in [-0.05, 0) is 60.6 Å². The maximum atomic E-state index is 11.5. The molecule has 1 aromatic carbocycles. The number of amides is 1. The summed E-state index contributed by atoms with van der Waals surface area (Å²) in [5, 5.41) is 3.88. The number of pyridine rings is 2. The van der Waals surface area contributed by atoms with Crippen LogP contribution < -0.4 is 10.1 Å². The third-order valence-corrected chi connectivity index (χ3v) is 5.09. The lowest BCUT2D eigenvalue weighted by Gasteiger charge is -2.11. The van der Waals surface area contributed by atoms with E-state index in [0.29, 0.717) is 12.3 Å². The van der Waals surface area contributed by atoms with Gasteiger partial charge in [0.2, 0.25) is 5.91 Å². The Bertz CT molecular complexity index is 996. The quantitative estimate of drug-likeness (QED) is 0.724. The van der Waals surface area contributed by atoms with E-state index >= 15 is 0 Å². The molecule has 0 bridgehead atoms. The first-order valence-electron chi connectivity index (χ1n) is 9.31. The van der Waals surface area contributed by atoms with Crippen molar-refractivity contribution in [2.75, 3.05) is 14.2 Å². The number of ether oxygens (including phenoxy) is 1. The molecule has 0 atom stereocenters. The zero-order valence-corrected chi connectivity index (χ0v) is 15.7. The number of benzene rings is 1. The number of aryl methyl sites for hydroxylation is 1. The lowest BCUT2D eigenvalue weighted by molar-refractivity contribution is -0.120.